The van der Waals surface area contributed by atoms with Crippen molar-refractivity contribution in [3.8, 4) is 11.5 Å². The lowest BCUT2D eigenvalue weighted by atomic mass is 10.0. The Kier molecular flexibility index (Phi) is 5.80. The molecule has 0 aliphatic rings. The lowest BCUT2D eigenvalue weighted by molar-refractivity contribution is 0.283. The van der Waals surface area contributed by atoms with Crippen LogP contribution in [0.25, 0.3) is 0 Å². The van der Waals surface area contributed by atoms with Gasteiger partial charge in [-0.3, -0.25) is 0 Å². The van der Waals surface area contributed by atoms with Gasteiger partial charge in [-0.15, -0.1) is 0 Å². The molecule has 0 fully saturated rings. The third kappa shape index (κ3) is 4.63. The third-order valence-corrected chi connectivity index (χ3v) is 2.78. The van der Waals surface area contributed by atoms with Crippen molar-refractivity contribution in [3.05, 3.63) is 23.8 Å². The van der Waals surface area contributed by atoms with Crippen molar-refractivity contribution in [1.82, 2.24) is 5.32 Å². The van der Waals surface area contributed by atoms with E-state index < -0.39 is 0 Å². The lowest BCUT2D eigenvalue weighted by Crippen LogP contribution is -2.21. The van der Waals surface area contributed by atoms with Gasteiger partial charge in [-0.1, -0.05) is 13.0 Å². The largest absolute Gasteiger partial charge is 0.504 e. The number of rotatable bonds is 7. The van der Waals surface area contributed by atoms with Crippen LogP contribution >= 0.6 is 0 Å². The summed E-state index contributed by atoms with van der Waals surface area (Å²) in [5, 5.41) is 30.5. The number of aliphatic hydroxyl groups excluding tert-OH is 1. The SMILES string of the molecule is CC(CNCCCCO)c1ccc(O)c(O)c1. The minimum Gasteiger partial charge on any atom is -0.504 e. The second-order valence-electron chi connectivity index (χ2n) is 4.28. The molecule has 1 unspecified atom stereocenters. The van der Waals surface area contributed by atoms with Gasteiger partial charge < -0.3 is 20.6 Å². The first-order valence-corrected chi connectivity index (χ1v) is 5.98. The van der Waals surface area contributed by atoms with Gasteiger partial charge in [-0.2, -0.15) is 0 Å². The van der Waals surface area contributed by atoms with Gasteiger partial charge in [0.05, 0.1) is 0 Å². The zero-order chi connectivity index (χ0) is 12.7. The number of phenols is 2. The lowest BCUT2D eigenvalue weighted by Gasteiger charge is -2.13. The van der Waals surface area contributed by atoms with Crippen LogP contribution in [0.4, 0.5) is 0 Å². The standard InChI is InChI=1S/C13H21NO3/c1-10(9-14-6-2-3-7-15)11-4-5-12(16)13(17)8-11/h4-5,8,10,14-17H,2-3,6-7,9H2,1H3. The number of hydrogen-bond donors (Lipinski definition) is 4. The van der Waals surface area contributed by atoms with Crippen molar-refractivity contribution in [2.24, 2.45) is 0 Å². The average molecular weight is 239 g/mol. The van der Waals surface area contributed by atoms with Crippen LogP contribution in [0.2, 0.25) is 0 Å². The second-order valence-corrected chi connectivity index (χ2v) is 4.28. The Labute approximate surface area is 102 Å². The van der Waals surface area contributed by atoms with Crippen LogP contribution in [0.1, 0.15) is 31.2 Å². The first-order valence-electron chi connectivity index (χ1n) is 5.98. The molecule has 0 amide bonds. The number of nitrogens with one attached hydrogen (secondary N) is 1. The van der Waals surface area contributed by atoms with Crippen molar-refractivity contribution in [2.45, 2.75) is 25.7 Å². The fourth-order valence-corrected chi connectivity index (χ4v) is 1.65. The summed E-state index contributed by atoms with van der Waals surface area (Å²) >= 11 is 0. The molecule has 0 heterocycles. The van der Waals surface area contributed by atoms with E-state index in [0.29, 0.717) is 0 Å². The van der Waals surface area contributed by atoms with E-state index in [9.17, 15) is 10.2 Å². The maximum Gasteiger partial charge on any atom is 0.157 e. The Morgan fingerprint density at radius 1 is 1.18 bits per heavy atom. The highest BCUT2D eigenvalue weighted by atomic mass is 16.3. The fraction of sp³-hybridized carbons (Fsp3) is 0.538. The molecule has 0 aliphatic carbocycles. The first-order chi connectivity index (χ1) is 8.15. The predicted molar refractivity (Wildman–Crippen MR) is 67.4 cm³/mol. The number of benzene rings is 1. The number of phenolic OH excluding ortho intramolecular Hbond substituents is 2. The highest BCUT2D eigenvalue weighted by molar-refractivity contribution is 5.41. The summed E-state index contributed by atoms with van der Waals surface area (Å²) in [7, 11) is 0. The molecule has 0 spiro atoms. The third-order valence-electron chi connectivity index (χ3n) is 2.78. The molecule has 4 N–H and O–H groups in total. The molecule has 0 radical (unpaired) electrons. The van der Waals surface area contributed by atoms with E-state index in [-0.39, 0.29) is 24.0 Å². The Morgan fingerprint density at radius 3 is 2.59 bits per heavy atom. The van der Waals surface area contributed by atoms with E-state index >= 15 is 0 Å². The normalized spacial score (nSPS) is 12.6. The Morgan fingerprint density at radius 2 is 1.94 bits per heavy atom. The number of hydrogen-bond acceptors (Lipinski definition) is 4. The minimum atomic E-state index is -0.0862. The first kappa shape index (κ1) is 13.8. The summed E-state index contributed by atoms with van der Waals surface area (Å²) in [6, 6.07) is 4.91. The molecule has 0 aromatic heterocycles. The van der Waals surface area contributed by atoms with Gasteiger partial charge >= 0.3 is 0 Å². The summed E-state index contributed by atoms with van der Waals surface area (Å²) < 4.78 is 0. The smallest absolute Gasteiger partial charge is 0.157 e. The van der Waals surface area contributed by atoms with Gasteiger partial charge in [0.2, 0.25) is 0 Å². The molecule has 1 aromatic rings. The summed E-state index contributed by atoms with van der Waals surface area (Å²) in [6.45, 7) is 4.00. The molecule has 0 saturated heterocycles. The quantitative estimate of drug-likeness (QED) is 0.430. The van der Waals surface area contributed by atoms with E-state index in [1.54, 1.807) is 6.07 Å². The molecule has 4 nitrogen and oxygen atoms in total. The topological polar surface area (TPSA) is 72.7 Å². The van der Waals surface area contributed by atoms with E-state index in [1.807, 2.05) is 6.07 Å². The summed E-state index contributed by atoms with van der Waals surface area (Å²) in [5.74, 6) is 0.113. The van der Waals surface area contributed by atoms with Gasteiger partial charge in [0.25, 0.3) is 0 Å². The van der Waals surface area contributed by atoms with Crippen LogP contribution < -0.4 is 5.32 Å². The molecule has 0 bridgehead atoms. The summed E-state index contributed by atoms with van der Waals surface area (Å²) in [5.41, 5.74) is 0.995. The van der Waals surface area contributed by atoms with Crippen LogP contribution in [0.15, 0.2) is 18.2 Å². The highest BCUT2D eigenvalue weighted by Crippen LogP contribution is 2.28. The number of aliphatic hydroxyl groups is 1. The van der Waals surface area contributed by atoms with E-state index in [2.05, 4.69) is 12.2 Å². The van der Waals surface area contributed by atoms with Crippen LogP contribution in [-0.4, -0.2) is 35.0 Å². The molecular formula is C13H21NO3. The predicted octanol–water partition coefficient (Wildman–Crippen LogP) is 1.56. The van der Waals surface area contributed by atoms with Crippen molar-refractivity contribution >= 4 is 0 Å². The van der Waals surface area contributed by atoms with Crippen LogP contribution in [0.3, 0.4) is 0 Å². The van der Waals surface area contributed by atoms with E-state index in [0.717, 1.165) is 31.5 Å². The maximum atomic E-state index is 9.39. The Balaban J connectivity index is 2.36. The fourth-order valence-electron chi connectivity index (χ4n) is 1.65. The zero-order valence-electron chi connectivity index (χ0n) is 10.2. The van der Waals surface area contributed by atoms with Crippen LogP contribution in [0, 0.1) is 0 Å². The van der Waals surface area contributed by atoms with Crippen LogP contribution in [0.5, 0.6) is 11.5 Å². The number of aromatic hydroxyl groups is 2. The monoisotopic (exact) mass is 239 g/mol. The van der Waals surface area contributed by atoms with Crippen molar-refractivity contribution in [3.63, 3.8) is 0 Å². The van der Waals surface area contributed by atoms with Crippen LogP contribution in [-0.2, 0) is 0 Å². The van der Waals surface area contributed by atoms with Gasteiger partial charge in [0.15, 0.2) is 11.5 Å². The Hall–Kier alpha value is -1.26. The van der Waals surface area contributed by atoms with Gasteiger partial charge in [0, 0.05) is 13.2 Å². The Bertz CT molecular complexity index is 341. The molecule has 17 heavy (non-hydrogen) atoms. The second kappa shape index (κ2) is 7.14. The zero-order valence-corrected chi connectivity index (χ0v) is 10.2. The van der Waals surface area contributed by atoms with Gasteiger partial charge in [0.1, 0.15) is 0 Å². The molecular weight excluding hydrogens is 218 g/mol. The molecule has 1 aromatic carbocycles. The van der Waals surface area contributed by atoms with Crippen molar-refractivity contribution in [2.75, 3.05) is 19.7 Å². The molecule has 4 heteroatoms. The molecule has 0 aliphatic heterocycles. The van der Waals surface area contributed by atoms with Gasteiger partial charge in [-0.05, 0) is 43.0 Å². The minimum absolute atomic E-state index is 0.0744. The molecule has 1 atom stereocenters. The van der Waals surface area contributed by atoms with Gasteiger partial charge in [-0.25, -0.2) is 0 Å². The van der Waals surface area contributed by atoms with Crippen molar-refractivity contribution in [1.29, 1.82) is 0 Å². The highest BCUT2D eigenvalue weighted by Gasteiger charge is 2.07. The van der Waals surface area contributed by atoms with E-state index in [1.165, 1.54) is 6.07 Å². The molecule has 1 rings (SSSR count). The number of unbranched alkanes of at least 4 members (excludes halogenated alkanes) is 1. The average Bonchev–Trinajstić information content (AvgIpc) is 2.32. The maximum absolute atomic E-state index is 9.39. The van der Waals surface area contributed by atoms with E-state index in [4.69, 9.17) is 5.11 Å². The van der Waals surface area contributed by atoms with Crippen molar-refractivity contribution < 1.29 is 15.3 Å². The molecule has 96 valence electrons. The summed E-state index contributed by atoms with van der Waals surface area (Å²) in [4.78, 5) is 0. The summed E-state index contributed by atoms with van der Waals surface area (Å²) in [6.07, 6.45) is 1.78. The molecule has 0 saturated carbocycles.